The van der Waals surface area contributed by atoms with E-state index >= 15 is 0 Å². The number of hydrogen-bond donors (Lipinski definition) is 1. The lowest BCUT2D eigenvalue weighted by molar-refractivity contribution is -0.153. The Bertz CT molecular complexity index is 1070. The van der Waals surface area contributed by atoms with Gasteiger partial charge in [-0.1, -0.05) is 48.0 Å². The molecule has 0 radical (unpaired) electrons. The minimum absolute atomic E-state index is 0.0979. The van der Waals surface area contributed by atoms with Crippen LogP contribution < -0.4 is 5.32 Å². The number of piperazine rings is 1. The van der Waals surface area contributed by atoms with Gasteiger partial charge in [-0.15, -0.1) is 0 Å². The second kappa shape index (κ2) is 10.5. The van der Waals surface area contributed by atoms with E-state index in [0.717, 1.165) is 15.4 Å². The number of sulfonamides is 1. The van der Waals surface area contributed by atoms with Crippen LogP contribution in [0.15, 0.2) is 59.5 Å². The average Bonchev–Trinajstić information content (AvgIpc) is 2.80. The van der Waals surface area contributed by atoms with E-state index in [9.17, 15) is 18.0 Å². The first-order chi connectivity index (χ1) is 15.7. The van der Waals surface area contributed by atoms with Crippen molar-refractivity contribution in [1.29, 1.82) is 0 Å². The number of methoxy groups -OCH3 is 1. The first-order valence-corrected chi connectivity index (χ1v) is 12.3. The molecule has 3 rings (SSSR count). The predicted octanol–water partition coefficient (Wildman–Crippen LogP) is 1.94. The van der Waals surface area contributed by atoms with Crippen LogP contribution in [0.5, 0.6) is 0 Å². The van der Waals surface area contributed by atoms with Crippen molar-refractivity contribution < 1.29 is 22.7 Å². The van der Waals surface area contributed by atoms with E-state index in [1.807, 2.05) is 37.3 Å². The number of nitrogens with zero attached hydrogens (tertiary/aromatic N) is 2. The van der Waals surface area contributed by atoms with Gasteiger partial charge in [-0.05, 0) is 38.0 Å². The van der Waals surface area contributed by atoms with Crippen LogP contribution in [0, 0.1) is 6.92 Å². The molecule has 1 N–H and O–H groups in total. The van der Waals surface area contributed by atoms with Gasteiger partial charge in [0.15, 0.2) is 0 Å². The fraction of sp³-hybridized carbons (Fsp3) is 0.417. The van der Waals surface area contributed by atoms with Gasteiger partial charge < -0.3 is 15.0 Å². The molecule has 0 saturated carbocycles. The van der Waals surface area contributed by atoms with Gasteiger partial charge in [-0.25, -0.2) is 8.42 Å². The molecule has 0 bridgehead atoms. The maximum Gasteiger partial charge on any atom is 0.247 e. The zero-order valence-corrected chi connectivity index (χ0v) is 20.1. The van der Waals surface area contributed by atoms with E-state index in [4.69, 9.17) is 4.74 Å². The molecule has 1 fully saturated rings. The number of hydrogen-bond acceptors (Lipinski definition) is 5. The van der Waals surface area contributed by atoms with Gasteiger partial charge >= 0.3 is 0 Å². The molecule has 8 nitrogen and oxygen atoms in total. The largest absolute Gasteiger partial charge is 0.385 e. The molecule has 33 heavy (non-hydrogen) atoms. The van der Waals surface area contributed by atoms with E-state index in [-0.39, 0.29) is 24.5 Å². The zero-order valence-electron chi connectivity index (χ0n) is 19.3. The summed E-state index contributed by atoms with van der Waals surface area (Å²) in [5.41, 5.74) is 0.472. The molecule has 1 aliphatic heterocycles. The molecule has 0 aliphatic carbocycles. The molecular formula is C24H31N3O5S. The van der Waals surface area contributed by atoms with Crippen molar-refractivity contribution in [2.75, 3.05) is 33.4 Å². The highest BCUT2D eigenvalue weighted by Gasteiger charge is 2.50. The van der Waals surface area contributed by atoms with Crippen LogP contribution in [-0.2, 0) is 30.9 Å². The van der Waals surface area contributed by atoms with E-state index in [1.165, 1.54) is 17.0 Å². The molecule has 1 heterocycles. The molecule has 2 amide bonds. The Morgan fingerprint density at radius 2 is 1.79 bits per heavy atom. The molecule has 1 aliphatic rings. The number of amides is 2. The summed E-state index contributed by atoms with van der Waals surface area (Å²) in [6.45, 7) is 4.03. The summed E-state index contributed by atoms with van der Waals surface area (Å²) < 4.78 is 32.8. The summed E-state index contributed by atoms with van der Waals surface area (Å²) in [5.74, 6) is -0.814. The summed E-state index contributed by atoms with van der Waals surface area (Å²) in [5, 5.41) is 2.88. The number of benzene rings is 2. The van der Waals surface area contributed by atoms with Gasteiger partial charge in [0.05, 0.1) is 11.4 Å². The van der Waals surface area contributed by atoms with Crippen LogP contribution in [0.25, 0.3) is 0 Å². The topological polar surface area (TPSA) is 96.0 Å². The van der Waals surface area contributed by atoms with Crippen molar-refractivity contribution in [3.8, 4) is 0 Å². The Balaban J connectivity index is 1.88. The lowest BCUT2D eigenvalue weighted by atomic mass is 9.95. The highest BCUT2D eigenvalue weighted by atomic mass is 32.2. The van der Waals surface area contributed by atoms with E-state index in [0.29, 0.717) is 19.6 Å². The normalized spacial score (nSPS) is 19.5. The number of carbonyl (C=O) groups is 2. The molecule has 1 atom stereocenters. The SMILES string of the molecule is COCCCN1C(=O)CN(S(=O)(=O)c2ccc(C)cc2)C[C@]1(C)C(=O)NCc1ccccc1. The summed E-state index contributed by atoms with van der Waals surface area (Å²) in [6, 6.07) is 15.9. The minimum Gasteiger partial charge on any atom is -0.385 e. The first kappa shape index (κ1) is 24.9. The van der Waals surface area contributed by atoms with Gasteiger partial charge in [0.25, 0.3) is 0 Å². The monoisotopic (exact) mass is 473 g/mol. The fourth-order valence-electron chi connectivity index (χ4n) is 3.93. The van der Waals surface area contributed by atoms with Crippen LogP contribution in [0.1, 0.15) is 24.5 Å². The highest BCUT2D eigenvalue weighted by molar-refractivity contribution is 7.89. The van der Waals surface area contributed by atoms with Crippen molar-refractivity contribution in [3.05, 3.63) is 65.7 Å². The molecule has 0 unspecified atom stereocenters. The molecule has 0 aromatic heterocycles. The summed E-state index contributed by atoms with van der Waals surface area (Å²) >= 11 is 0. The van der Waals surface area contributed by atoms with Crippen LogP contribution in [-0.4, -0.2) is 68.3 Å². The fourth-order valence-corrected chi connectivity index (χ4v) is 5.41. The molecule has 2 aromatic carbocycles. The lowest BCUT2D eigenvalue weighted by Crippen LogP contribution is -2.69. The van der Waals surface area contributed by atoms with Crippen LogP contribution in [0.3, 0.4) is 0 Å². The smallest absolute Gasteiger partial charge is 0.247 e. The quantitative estimate of drug-likeness (QED) is 0.562. The third-order valence-corrected chi connectivity index (χ3v) is 7.67. The van der Waals surface area contributed by atoms with Crippen molar-refractivity contribution in [2.24, 2.45) is 0 Å². The maximum absolute atomic E-state index is 13.4. The Hall–Kier alpha value is -2.75. The lowest BCUT2D eigenvalue weighted by Gasteiger charge is -2.46. The first-order valence-electron chi connectivity index (χ1n) is 10.9. The third kappa shape index (κ3) is 5.61. The van der Waals surface area contributed by atoms with E-state index in [2.05, 4.69) is 5.32 Å². The Labute approximate surface area is 195 Å². The van der Waals surface area contributed by atoms with Gasteiger partial charge in [-0.2, -0.15) is 4.31 Å². The van der Waals surface area contributed by atoms with Crippen LogP contribution >= 0.6 is 0 Å². The molecule has 1 saturated heterocycles. The standard InChI is InChI=1S/C24H31N3O5S/c1-19-10-12-21(13-11-19)33(30,31)26-17-22(28)27(14-7-15-32-3)24(2,18-26)23(29)25-16-20-8-5-4-6-9-20/h4-6,8-13H,7,14-18H2,1-3H3,(H,25,29)/t24-/m1/s1. The zero-order chi connectivity index (χ0) is 24.1. The van der Waals surface area contributed by atoms with Crippen molar-refractivity contribution in [2.45, 2.75) is 37.2 Å². The molecular weight excluding hydrogens is 442 g/mol. The third-order valence-electron chi connectivity index (χ3n) is 5.87. The molecule has 178 valence electrons. The van der Waals surface area contributed by atoms with Crippen molar-refractivity contribution in [1.82, 2.24) is 14.5 Å². The van der Waals surface area contributed by atoms with Gasteiger partial charge in [0, 0.05) is 33.4 Å². The van der Waals surface area contributed by atoms with Crippen molar-refractivity contribution in [3.63, 3.8) is 0 Å². The second-order valence-electron chi connectivity index (χ2n) is 8.42. The van der Waals surface area contributed by atoms with Gasteiger partial charge in [-0.3, -0.25) is 9.59 Å². The van der Waals surface area contributed by atoms with E-state index in [1.54, 1.807) is 26.2 Å². The number of nitrogens with one attached hydrogen (secondary N) is 1. The van der Waals surface area contributed by atoms with Gasteiger partial charge in [0.2, 0.25) is 21.8 Å². The Kier molecular flexibility index (Phi) is 7.88. The van der Waals surface area contributed by atoms with Crippen molar-refractivity contribution >= 4 is 21.8 Å². The molecule has 0 spiro atoms. The molecule has 2 aromatic rings. The summed E-state index contributed by atoms with van der Waals surface area (Å²) in [7, 11) is -2.38. The maximum atomic E-state index is 13.4. The second-order valence-corrected chi connectivity index (χ2v) is 10.4. The summed E-state index contributed by atoms with van der Waals surface area (Å²) in [6.07, 6.45) is 0.536. The Morgan fingerprint density at radius 3 is 2.42 bits per heavy atom. The number of rotatable bonds is 9. The number of ether oxygens (including phenoxy) is 1. The summed E-state index contributed by atoms with van der Waals surface area (Å²) in [4.78, 5) is 28.1. The van der Waals surface area contributed by atoms with Gasteiger partial charge in [0.1, 0.15) is 5.54 Å². The van der Waals surface area contributed by atoms with Crippen LogP contribution in [0.2, 0.25) is 0 Å². The number of carbonyl (C=O) groups excluding carboxylic acids is 2. The predicted molar refractivity (Wildman–Crippen MR) is 125 cm³/mol. The van der Waals surface area contributed by atoms with Crippen LogP contribution in [0.4, 0.5) is 0 Å². The van der Waals surface area contributed by atoms with E-state index < -0.39 is 27.4 Å². The molecule has 9 heteroatoms. The number of aryl methyl sites for hydroxylation is 1. The highest BCUT2D eigenvalue weighted by Crippen LogP contribution is 2.28. The minimum atomic E-state index is -3.95. The Morgan fingerprint density at radius 1 is 1.12 bits per heavy atom. The average molecular weight is 474 g/mol.